The quantitative estimate of drug-likeness (QED) is 0.710. The molecular formula is C11H25N3. The molecule has 0 radical (unpaired) electrons. The van der Waals surface area contributed by atoms with E-state index in [-0.39, 0.29) is 0 Å². The summed E-state index contributed by atoms with van der Waals surface area (Å²) in [6.45, 7) is 11.5. The highest BCUT2D eigenvalue weighted by atomic mass is 15.4. The summed E-state index contributed by atoms with van der Waals surface area (Å²) in [4.78, 5) is 4.92. The van der Waals surface area contributed by atoms with Crippen LogP contribution in [0, 0.1) is 5.41 Å². The lowest BCUT2D eigenvalue weighted by Crippen LogP contribution is -2.58. The Hall–Kier alpha value is -0.120. The number of nitrogens with zero attached hydrogens (tertiary/aromatic N) is 2. The molecule has 0 bridgehead atoms. The van der Waals surface area contributed by atoms with Crippen LogP contribution in [0.15, 0.2) is 0 Å². The molecule has 14 heavy (non-hydrogen) atoms. The van der Waals surface area contributed by atoms with Gasteiger partial charge in [-0.05, 0) is 19.5 Å². The van der Waals surface area contributed by atoms with E-state index < -0.39 is 0 Å². The van der Waals surface area contributed by atoms with E-state index in [1.165, 1.54) is 13.1 Å². The van der Waals surface area contributed by atoms with Gasteiger partial charge in [0.05, 0.1) is 6.17 Å². The average molecular weight is 199 g/mol. The van der Waals surface area contributed by atoms with Crippen molar-refractivity contribution < 1.29 is 0 Å². The highest BCUT2D eigenvalue weighted by molar-refractivity contribution is 4.83. The predicted molar refractivity (Wildman–Crippen MR) is 61.4 cm³/mol. The monoisotopic (exact) mass is 199 g/mol. The number of piperazine rings is 1. The molecule has 1 aliphatic heterocycles. The van der Waals surface area contributed by atoms with E-state index >= 15 is 0 Å². The van der Waals surface area contributed by atoms with E-state index in [0.29, 0.717) is 11.6 Å². The van der Waals surface area contributed by atoms with Crippen LogP contribution in [-0.2, 0) is 0 Å². The van der Waals surface area contributed by atoms with Gasteiger partial charge in [0, 0.05) is 26.2 Å². The molecule has 0 amide bonds. The second kappa shape index (κ2) is 4.60. The zero-order valence-electron chi connectivity index (χ0n) is 10.3. The first-order valence-corrected chi connectivity index (χ1v) is 5.54. The zero-order valence-corrected chi connectivity index (χ0v) is 10.3. The number of rotatable bonds is 2. The lowest BCUT2D eigenvalue weighted by atomic mass is 9.90. The molecule has 3 nitrogen and oxygen atoms in total. The summed E-state index contributed by atoms with van der Waals surface area (Å²) in [6.07, 6.45) is 0.546. The maximum absolute atomic E-state index is 3.40. The fourth-order valence-electron chi connectivity index (χ4n) is 2.58. The lowest BCUT2D eigenvalue weighted by Gasteiger charge is -2.45. The van der Waals surface area contributed by atoms with E-state index in [1.807, 2.05) is 0 Å². The molecule has 0 saturated carbocycles. The maximum Gasteiger partial charge on any atom is 0.0668 e. The molecule has 0 aromatic carbocycles. The molecule has 0 aromatic rings. The zero-order chi connectivity index (χ0) is 10.8. The van der Waals surface area contributed by atoms with Crippen LogP contribution in [-0.4, -0.2) is 56.2 Å². The van der Waals surface area contributed by atoms with E-state index in [1.54, 1.807) is 0 Å². The third kappa shape index (κ3) is 2.94. The minimum Gasteiger partial charge on any atom is -0.314 e. The minimum absolute atomic E-state index is 0.320. The highest BCUT2D eigenvalue weighted by Crippen LogP contribution is 2.25. The minimum atomic E-state index is 0.320. The molecule has 1 N–H and O–H groups in total. The molecule has 1 aliphatic rings. The molecule has 0 aliphatic carbocycles. The van der Waals surface area contributed by atoms with E-state index in [9.17, 15) is 0 Å². The summed E-state index contributed by atoms with van der Waals surface area (Å²) in [5, 5.41) is 3.40. The van der Waals surface area contributed by atoms with Crippen LogP contribution in [0.2, 0.25) is 0 Å². The highest BCUT2D eigenvalue weighted by Gasteiger charge is 2.32. The molecule has 1 rings (SSSR count). The standard InChI is InChI=1S/C11H25N3/c1-11(2,3)10(13(4)5)14-8-6-12-7-9-14/h10,12H,6-9H2,1-5H3. The third-order valence-electron chi connectivity index (χ3n) is 2.76. The summed E-state index contributed by atoms with van der Waals surface area (Å²) in [5.41, 5.74) is 0.320. The molecule has 1 unspecified atom stereocenters. The molecule has 1 saturated heterocycles. The van der Waals surface area contributed by atoms with Crippen molar-refractivity contribution in [1.82, 2.24) is 15.1 Å². The van der Waals surface area contributed by atoms with Crippen LogP contribution in [0.1, 0.15) is 20.8 Å². The molecule has 1 atom stereocenters. The van der Waals surface area contributed by atoms with Gasteiger partial charge in [0.2, 0.25) is 0 Å². The largest absolute Gasteiger partial charge is 0.314 e. The van der Waals surface area contributed by atoms with Crippen LogP contribution in [0.4, 0.5) is 0 Å². The Balaban J connectivity index is 2.66. The van der Waals surface area contributed by atoms with Crippen molar-refractivity contribution in [3.8, 4) is 0 Å². The number of nitrogens with one attached hydrogen (secondary N) is 1. The van der Waals surface area contributed by atoms with Crippen LogP contribution in [0.25, 0.3) is 0 Å². The van der Waals surface area contributed by atoms with Crippen molar-refractivity contribution in [3.05, 3.63) is 0 Å². The average Bonchev–Trinajstić information content (AvgIpc) is 2.02. The van der Waals surface area contributed by atoms with Crippen LogP contribution < -0.4 is 5.32 Å². The van der Waals surface area contributed by atoms with E-state index in [4.69, 9.17) is 0 Å². The molecule has 3 heteroatoms. The van der Waals surface area contributed by atoms with Crippen molar-refractivity contribution in [3.63, 3.8) is 0 Å². The number of hydrogen-bond acceptors (Lipinski definition) is 3. The van der Waals surface area contributed by atoms with Crippen molar-refractivity contribution >= 4 is 0 Å². The van der Waals surface area contributed by atoms with Crippen molar-refractivity contribution in [2.24, 2.45) is 5.41 Å². The van der Waals surface area contributed by atoms with Crippen LogP contribution in [0.3, 0.4) is 0 Å². The Bertz CT molecular complexity index is 166. The third-order valence-corrected chi connectivity index (χ3v) is 2.76. The summed E-state index contributed by atoms with van der Waals surface area (Å²) in [7, 11) is 4.36. The van der Waals surface area contributed by atoms with Gasteiger partial charge < -0.3 is 5.32 Å². The van der Waals surface area contributed by atoms with Crippen molar-refractivity contribution in [2.45, 2.75) is 26.9 Å². The van der Waals surface area contributed by atoms with Crippen molar-refractivity contribution in [2.75, 3.05) is 40.3 Å². The summed E-state index contributed by atoms with van der Waals surface area (Å²) in [5.74, 6) is 0. The topological polar surface area (TPSA) is 18.5 Å². The second-order valence-corrected chi connectivity index (χ2v) is 5.49. The van der Waals surface area contributed by atoms with Gasteiger partial charge in [0.1, 0.15) is 0 Å². The normalized spacial score (nSPS) is 22.7. The van der Waals surface area contributed by atoms with Crippen molar-refractivity contribution in [1.29, 1.82) is 0 Å². The SMILES string of the molecule is CN(C)C(N1CCNCC1)C(C)(C)C. The maximum atomic E-state index is 3.40. The van der Waals surface area contributed by atoms with Gasteiger partial charge in [0.15, 0.2) is 0 Å². The fraction of sp³-hybridized carbons (Fsp3) is 1.00. The lowest BCUT2D eigenvalue weighted by molar-refractivity contribution is -0.00912. The Kier molecular flexibility index (Phi) is 3.93. The fourth-order valence-corrected chi connectivity index (χ4v) is 2.58. The van der Waals surface area contributed by atoms with Gasteiger partial charge >= 0.3 is 0 Å². The molecule has 0 spiro atoms. The predicted octanol–water partition coefficient (Wildman–Crippen LogP) is 0.825. The Morgan fingerprint density at radius 3 is 2.00 bits per heavy atom. The first-order valence-electron chi connectivity index (χ1n) is 5.54. The molecule has 0 aromatic heterocycles. The van der Waals surface area contributed by atoms with Gasteiger partial charge in [-0.1, -0.05) is 20.8 Å². The number of hydrogen-bond donors (Lipinski definition) is 1. The molecule has 1 heterocycles. The molecule has 1 fully saturated rings. The first kappa shape index (κ1) is 12.0. The Morgan fingerprint density at radius 2 is 1.64 bits per heavy atom. The Morgan fingerprint density at radius 1 is 1.14 bits per heavy atom. The van der Waals surface area contributed by atoms with E-state index in [0.717, 1.165) is 13.1 Å². The van der Waals surface area contributed by atoms with Gasteiger partial charge in [-0.25, -0.2) is 0 Å². The van der Waals surface area contributed by atoms with Crippen LogP contribution in [0.5, 0.6) is 0 Å². The van der Waals surface area contributed by atoms with Gasteiger partial charge in [0.25, 0.3) is 0 Å². The summed E-state index contributed by atoms with van der Waals surface area (Å²) < 4.78 is 0. The summed E-state index contributed by atoms with van der Waals surface area (Å²) in [6, 6.07) is 0. The summed E-state index contributed by atoms with van der Waals surface area (Å²) >= 11 is 0. The second-order valence-electron chi connectivity index (χ2n) is 5.49. The Labute approximate surface area is 88.5 Å². The van der Waals surface area contributed by atoms with Crippen LogP contribution >= 0.6 is 0 Å². The smallest absolute Gasteiger partial charge is 0.0668 e. The van der Waals surface area contributed by atoms with Gasteiger partial charge in [-0.15, -0.1) is 0 Å². The molecular weight excluding hydrogens is 174 g/mol. The first-order chi connectivity index (χ1) is 6.43. The molecule has 84 valence electrons. The van der Waals surface area contributed by atoms with Gasteiger partial charge in [-0.3, -0.25) is 9.80 Å². The van der Waals surface area contributed by atoms with Gasteiger partial charge in [-0.2, -0.15) is 0 Å². The van der Waals surface area contributed by atoms with E-state index in [2.05, 4.69) is 50.0 Å².